The summed E-state index contributed by atoms with van der Waals surface area (Å²) in [5.74, 6) is -16.7. The summed E-state index contributed by atoms with van der Waals surface area (Å²) in [6, 6.07) is 4.80. The number of aromatic hydroxyl groups is 4. The van der Waals surface area contributed by atoms with Crippen molar-refractivity contribution in [3.63, 3.8) is 0 Å². The Morgan fingerprint density at radius 2 is 1.06 bits per heavy atom. The van der Waals surface area contributed by atoms with Gasteiger partial charge in [0, 0.05) is 58.1 Å². The van der Waals surface area contributed by atoms with E-state index in [4.69, 9.17) is 77.3 Å². The molecule has 768 valence electrons. The first-order valence-corrected chi connectivity index (χ1v) is 46.8. The molecule has 8 aliphatic heterocycles. The van der Waals surface area contributed by atoms with E-state index in [-0.39, 0.29) is 69.6 Å². The van der Waals surface area contributed by atoms with Gasteiger partial charge in [-0.25, -0.2) is 0 Å². The number of benzene rings is 7. The van der Waals surface area contributed by atoms with Crippen LogP contribution in [0.1, 0.15) is 141 Å². The fraction of sp³-hybridized carbons (Fsp3) is 0.463. The maximum absolute atomic E-state index is 16.9. The van der Waals surface area contributed by atoms with Crippen molar-refractivity contribution in [3.05, 3.63) is 176 Å². The number of phenols is 4. The van der Waals surface area contributed by atoms with Crippen molar-refractivity contribution >= 4 is 76.4 Å². The fourth-order valence-corrected chi connectivity index (χ4v) is 17.4. The molecule has 9 amide bonds. The molecule has 8 heterocycles. The van der Waals surface area contributed by atoms with Crippen LogP contribution >= 0.6 is 23.2 Å². The quantitative estimate of drug-likeness (QED) is 0.0239. The maximum Gasteiger partial charge on any atom is 0.248 e. The molecule has 7 aromatic carbocycles. The minimum Gasteiger partial charge on any atom is -0.508 e. The lowest BCUT2D eigenvalue weighted by Gasteiger charge is -2.44. The Kier molecular flexibility index (Phi) is 36.8. The Balaban J connectivity index is 1.04. The first kappa shape index (κ1) is 107. The molecular weight excluding hydrogens is 1910 g/mol. The van der Waals surface area contributed by atoms with Gasteiger partial charge >= 0.3 is 0 Å². The molecular formula is C95H117Cl2N13O32. The second-order valence-electron chi connectivity index (χ2n) is 35.4. The predicted octanol–water partition coefficient (Wildman–Crippen LogP) is -0.401. The average Bonchev–Trinajstić information content (AvgIpc) is 0.766. The third kappa shape index (κ3) is 26.4. The van der Waals surface area contributed by atoms with Crippen LogP contribution in [-0.4, -0.2) is 288 Å². The Bertz CT molecular complexity index is 5640. The number of halogens is 2. The normalized spacial score (nSPS) is 27.0. The highest BCUT2D eigenvalue weighted by Crippen LogP contribution is 2.50. The van der Waals surface area contributed by atoms with Gasteiger partial charge in [-0.2, -0.15) is 0 Å². The number of hydrogen-bond acceptors (Lipinski definition) is 36. The fourth-order valence-electron chi connectivity index (χ4n) is 16.9. The van der Waals surface area contributed by atoms with Crippen LogP contribution in [0.2, 0.25) is 10.0 Å². The van der Waals surface area contributed by atoms with Crippen molar-refractivity contribution in [1.82, 2.24) is 58.5 Å². The topological polar surface area (TPSA) is 704 Å². The largest absolute Gasteiger partial charge is 0.508 e. The van der Waals surface area contributed by atoms with Crippen LogP contribution in [0.15, 0.2) is 127 Å². The number of phenolic OH excluding ortho intramolecular Hbond substituents is 4. The van der Waals surface area contributed by atoms with Crippen LogP contribution < -0.4 is 93.6 Å². The van der Waals surface area contributed by atoms with E-state index < -0.39 is 288 Å². The van der Waals surface area contributed by atoms with E-state index in [0.29, 0.717) is 51.4 Å². The van der Waals surface area contributed by atoms with Crippen LogP contribution in [0.4, 0.5) is 0 Å². The van der Waals surface area contributed by atoms with Gasteiger partial charge in [-0.1, -0.05) is 93.1 Å². The lowest BCUT2D eigenvalue weighted by Crippen LogP contribution is -2.65. The molecule has 0 radical (unpaired) electrons. The molecule has 47 heteroatoms. The number of fused-ring (bicyclic) bond motifs is 15. The zero-order valence-electron chi connectivity index (χ0n) is 77.0. The molecule has 13 bridgehead atoms. The minimum absolute atomic E-state index is 0.0403. The monoisotopic (exact) mass is 2020 g/mol. The Morgan fingerprint density at radius 1 is 0.493 bits per heavy atom. The highest BCUT2D eigenvalue weighted by Gasteiger charge is 2.52. The van der Waals surface area contributed by atoms with E-state index in [1.807, 2.05) is 0 Å². The van der Waals surface area contributed by atoms with Crippen LogP contribution in [0.3, 0.4) is 0 Å². The lowest BCUT2D eigenvalue weighted by atomic mass is 9.95. The Labute approximate surface area is 822 Å². The Hall–Kier alpha value is -12.2. The van der Waals surface area contributed by atoms with Gasteiger partial charge in [-0.15, -0.1) is 0 Å². The molecule has 7 aromatic rings. The SMILES string of the molecule is CC(=O)N[C@H]1[C@H](O[C@@H]2c3ccc(c(Cl)c3)Oc3cc4cc(c3O[C@@H]3O[C@H](CO)[C@@H](O)[C@H](O)[C@H]3NC(=O)CCCCCCC(C)C)Oc3ccc(cc3Cl)C[C@H]3NC(=O)[C@H](N)c5ccc(O)c(c5)Oc5cc(O)cc(c5)[C@H](NC3=O)C(=O)N[C@H]4C(=O)N[C@H](c3ccc(O)cc3)C(=O)N[C@@H]2C(=O)N[C@H](C(=O)NCCNCCCNCCN)c2cc(O)cc(O[C@H]3O[C@H](CO)[C@@H](O)[C@H](O)[C@@H]3O)c2)O[C@H](CO)[C@@H](O)[C@@H]1O. The summed E-state index contributed by atoms with van der Waals surface area (Å²) in [6.07, 6.45) is -24.3. The molecule has 23 atom stereocenters. The summed E-state index contributed by atoms with van der Waals surface area (Å²) in [5, 5.41) is 187. The van der Waals surface area contributed by atoms with Crippen molar-refractivity contribution in [3.8, 4) is 69.0 Å². The number of carbonyl (C=O) groups excluding carboxylic acids is 9. The van der Waals surface area contributed by atoms with Crippen molar-refractivity contribution in [2.75, 3.05) is 59.1 Å². The average molecular weight is 2020 g/mol. The van der Waals surface area contributed by atoms with E-state index >= 15 is 28.8 Å². The van der Waals surface area contributed by atoms with E-state index in [1.54, 1.807) is 0 Å². The number of aliphatic hydroxyl groups excluding tert-OH is 10. The molecule has 45 nitrogen and oxygen atoms in total. The third-order valence-electron chi connectivity index (χ3n) is 24.5. The molecule has 0 spiro atoms. The summed E-state index contributed by atoms with van der Waals surface area (Å²) in [5.41, 5.74) is 10.5. The molecule has 3 fully saturated rings. The van der Waals surface area contributed by atoms with Gasteiger partial charge in [0.15, 0.2) is 29.3 Å². The van der Waals surface area contributed by atoms with E-state index in [2.05, 4.69) is 72.3 Å². The molecule has 15 rings (SSSR count). The van der Waals surface area contributed by atoms with Gasteiger partial charge in [-0.3, -0.25) is 43.2 Å². The van der Waals surface area contributed by atoms with Crippen LogP contribution in [-0.2, 0) is 68.5 Å². The van der Waals surface area contributed by atoms with Gasteiger partial charge in [0.25, 0.3) is 0 Å². The van der Waals surface area contributed by atoms with E-state index in [9.17, 15) is 85.9 Å². The van der Waals surface area contributed by atoms with Crippen LogP contribution in [0.25, 0.3) is 0 Å². The van der Waals surface area contributed by atoms with Crippen LogP contribution in [0.5, 0.6) is 69.0 Å². The Morgan fingerprint density at radius 3 is 1.69 bits per heavy atom. The molecule has 0 aromatic heterocycles. The lowest BCUT2D eigenvalue weighted by molar-refractivity contribution is -0.284. The number of ether oxygens (including phenoxy) is 9. The summed E-state index contributed by atoms with van der Waals surface area (Å²) >= 11 is 14.9. The standard InChI is InChI=1S/C95H117Cl2N13O32/c1-42(2)9-6-4-5-7-10-68(119)105-75-81(124)78(121)66(40-112)139-94(75)142-85-63-35-50-36-64(85)137-61-20-15-47(33-57(61)97)84(141-93-74(103-43(3)114)80(123)77(120)65(39-111)138-93)76(92(133)108-71(88(129)102-26-25-101-23-8-22-100-24-21-98)48-29-53(117)38-55(32-48)135-95-83(126)82(125)79(122)67(41-113)140-95)110-89(130)70(45-12-16-51(115)17-13-45)107-91(132)73(50)109-90(131)72-49-30-52(116)37-54(31-49)134-62-34-46(14-18-59(62)118)69(99)87(128)104-58(86(127)106-72)28-44-11-19-60(136-63)56(96)27-44/h11-20,27,29-38,42,58,65-67,69-84,93-95,100-101,111-113,115-118,120-126H,4-10,21-26,28,39-41,98-99H2,1-3H3,(H,102,129)(H,103,114)(H,104,128)(H,105,119)(H,106,127)(H,107,132)(H,108,133)(H,109,131)(H,110,130)/t58-,65-,66-,67-,69-,70-,71+,72+,73-,74-,75-,76+,77-,78-,79-,80-,81-,82+,83+,84-,93+,94+,95+/m1/s1. The molecule has 0 unspecified atom stereocenters. The molecule has 0 aliphatic carbocycles. The first-order valence-electron chi connectivity index (χ1n) is 46.1. The maximum atomic E-state index is 16.9. The van der Waals surface area contributed by atoms with Gasteiger partial charge < -0.3 is 184 Å². The highest BCUT2D eigenvalue weighted by atomic mass is 35.5. The minimum atomic E-state index is -2.55. The number of nitrogens with one attached hydrogen (secondary N) is 11. The van der Waals surface area contributed by atoms with Crippen molar-refractivity contribution in [2.24, 2.45) is 17.4 Å². The van der Waals surface area contributed by atoms with Gasteiger partial charge in [0.2, 0.25) is 71.5 Å². The molecule has 8 aliphatic rings. The zero-order chi connectivity index (χ0) is 102. The molecule has 29 N–H and O–H groups in total. The van der Waals surface area contributed by atoms with Crippen LogP contribution in [0, 0.1) is 5.92 Å². The molecule has 3 saturated heterocycles. The van der Waals surface area contributed by atoms with Gasteiger partial charge in [-0.05, 0) is 156 Å². The summed E-state index contributed by atoms with van der Waals surface area (Å²) < 4.78 is 57.6. The number of unbranched alkanes of at least 4 members (excludes halogenated alkanes) is 3. The molecule has 0 saturated carbocycles. The number of nitrogens with two attached hydrogens (primary N) is 2. The summed E-state index contributed by atoms with van der Waals surface area (Å²) in [4.78, 5) is 140. The van der Waals surface area contributed by atoms with E-state index in [0.717, 1.165) is 123 Å². The van der Waals surface area contributed by atoms with Crippen molar-refractivity contribution < 1.29 is 157 Å². The summed E-state index contributed by atoms with van der Waals surface area (Å²) in [6.45, 7) is 3.81. The second kappa shape index (κ2) is 48.7. The molecule has 142 heavy (non-hydrogen) atoms. The van der Waals surface area contributed by atoms with Crippen molar-refractivity contribution in [1.29, 1.82) is 0 Å². The van der Waals surface area contributed by atoms with E-state index in [1.165, 1.54) is 30.3 Å². The predicted molar refractivity (Wildman–Crippen MR) is 499 cm³/mol. The van der Waals surface area contributed by atoms with Gasteiger partial charge in [0.05, 0.1) is 29.9 Å². The number of hydrogen-bond donors (Lipinski definition) is 27. The van der Waals surface area contributed by atoms with Crippen molar-refractivity contribution in [2.45, 2.75) is 213 Å². The zero-order valence-corrected chi connectivity index (χ0v) is 78.5. The highest BCUT2D eigenvalue weighted by molar-refractivity contribution is 6.32. The number of aliphatic hydroxyl groups is 10. The number of amides is 9. The van der Waals surface area contributed by atoms with Gasteiger partial charge in [0.1, 0.15) is 162 Å². The summed E-state index contributed by atoms with van der Waals surface area (Å²) in [7, 11) is 0. The number of rotatable bonds is 32. The smallest absolute Gasteiger partial charge is 0.248 e. The second-order valence-corrected chi connectivity index (χ2v) is 36.3. The third-order valence-corrected chi connectivity index (χ3v) is 25.1. The first-order chi connectivity index (χ1) is 67.9. The number of carbonyl (C=O) groups is 9.